The molecule has 0 spiro atoms. The normalized spacial score (nSPS) is 21.4. The summed E-state index contributed by atoms with van der Waals surface area (Å²) in [4.78, 5) is 12.3. The minimum absolute atomic E-state index is 0.0637. The van der Waals surface area contributed by atoms with E-state index in [2.05, 4.69) is 23.6 Å². The fourth-order valence-corrected chi connectivity index (χ4v) is 2.25. The molecule has 106 valence electrons. The molecule has 1 aliphatic heterocycles. The first-order valence-corrected chi connectivity index (χ1v) is 6.86. The van der Waals surface area contributed by atoms with Gasteiger partial charge in [-0.3, -0.25) is 4.79 Å². The highest BCUT2D eigenvalue weighted by Crippen LogP contribution is 2.17. The smallest absolute Gasteiger partial charge is 0.231 e. The molecule has 20 heavy (non-hydrogen) atoms. The van der Waals surface area contributed by atoms with Crippen molar-refractivity contribution in [2.75, 3.05) is 25.1 Å². The van der Waals surface area contributed by atoms with E-state index in [0.29, 0.717) is 24.5 Å². The Hall–Kier alpha value is -1.90. The number of rotatable bonds is 5. The molecule has 1 saturated heterocycles. The number of benzene rings is 1. The van der Waals surface area contributed by atoms with E-state index in [1.165, 1.54) is 0 Å². The lowest BCUT2D eigenvalue weighted by Gasteiger charge is -2.18. The Kier molecular flexibility index (Phi) is 5.10. The van der Waals surface area contributed by atoms with Crippen LogP contribution < -0.4 is 10.6 Å². The average Bonchev–Trinajstić information content (AvgIpc) is 2.93. The highest BCUT2D eigenvalue weighted by molar-refractivity contribution is 5.93. The predicted octanol–water partition coefficient (Wildman–Crippen LogP) is 1.51. The molecule has 5 heteroatoms. The third-order valence-corrected chi connectivity index (χ3v) is 3.33. The summed E-state index contributed by atoms with van der Waals surface area (Å²) in [7, 11) is 0. The van der Waals surface area contributed by atoms with E-state index in [1.807, 2.05) is 0 Å². The van der Waals surface area contributed by atoms with E-state index < -0.39 is 0 Å². The van der Waals surface area contributed by atoms with Crippen LogP contribution >= 0.6 is 0 Å². The van der Waals surface area contributed by atoms with Crippen LogP contribution in [0.4, 0.5) is 5.69 Å². The summed E-state index contributed by atoms with van der Waals surface area (Å²) in [6.07, 6.45) is 1.02. The molecule has 0 saturated carbocycles. The standard InChI is InChI=1S/C15H19N3O2/c1-2-6-17-14-10-20-9-13(14)15(19)18-12-5-3-4-11(7-12)8-16/h3-5,7,13-14,17H,2,6,9-10H2,1H3,(H,18,19). The van der Waals surface area contributed by atoms with Crippen LogP contribution in [0.5, 0.6) is 0 Å². The summed E-state index contributed by atoms with van der Waals surface area (Å²) in [6.45, 7) is 3.97. The van der Waals surface area contributed by atoms with Gasteiger partial charge >= 0.3 is 0 Å². The summed E-state index contributed by atoms with van der Waals surface area (Å²) in [5.74, 6) is -0.251. The maximum atomic E-state index is 12.3. The Labute approximate surface area is 118 Å². The second-order valence-corrected chi connectivity index (χ2v) is 4.89. The number of carbonyl (C=O) groups is 1. The van der Waals surface area contributed by atoms with Gasteiger partial charge in [0, 0.05) is 11.7 Å². The molecule has 0 bridgehead atoms. The summed E-state index contributed by atoms with van der Waals surface area (Å²) in [6, 6.07) is 9.04. The van der Waals surface area contributed by atoms with Crippen LogP contribution in [0.2, 0.25) is 0 Å². The van der Waals surface area contributed by atoms with Gasteiger partial charge in [0.25, 0.3) is 0 Å². The molecular weight excluding hydrogens is 254 g/mol. The van der Waals surface area contributed by atoms with Crippen molar-refractivity contribution in [3.05, 3.63) is 29.8 Å². The summed E-state index contributed by atoms with van der Waals surface area (Å²) in [5.41, 5.74) is 1.18. The van der Waals surface area contributed by atoms with Crippen LogP contribution in [0.15, 0.2) is 24.3 Å². The molecule has 2 unspecified atom stereocenters. The van der Waals surface area contributed by atoms with Gasteiger partial charge < -0.3 is 15.4 Å². The van der Waals surface area contributed by atoms with Gasteiger partial charge in [0.2, 0.25) is 5.91 Å². The maximum Gasteiger partial charge on any atom is 0.231 e. The maximum absolute atomic E-state index is 12.3. The minimum atomic E-state index is -0.188. The van der Waals surface area contributed by atoms with Gasteiger partial charge in [0.05, 0.1) is 30.8 Å². The first-order valence-electron chi connectivity index (χ1n) is 6.86. The summed E-state index contributed by atoms with van der Waals surface area (Å²) in [5, 5.41) is 15.0. The molecule has 0 radical (unpaired) electrons. The quantitative estimate of drug-likeness (QED) is 0.853. The third kappa shape index (κ3) is 3.56. The molecule has 1 fully saturated rings. The Bertz CT molecular complexity index is 510. The number of carbonyl (C=O) groups excluding carboxylic acids is 1. The molecule has 1 amide bonds. The van der Waals surface area contributed by atoms with Crippen LogP contribution in [-0.4, -0.2) is 31.7 Å². The van der Waals surface area contributed by atoms with Crippen LogP contribution in [0.25, 0.3) is 0 Å². The SMILES string of the molecule is CCCNC1COCC1C(=O)Nc1cccc(C#N)c1. The fourth-order valence-electron chi connectivity index (χ4n) is 2.25. The van der Waals surface area contributed by atoms with Crippen molar-refractivity contribution in [3.63, 3.8) is 0 Å². The van der Waals surface area contributed by atoms with Crippen LogP contribution in [-0.2, 0) is 9.53 Å². The molecule has 2 rings (SSSR count). The highest BCUT2D eigenvalue weighted by Gasteiger charge is 2.33. The monoisotopic (exact) mass is 273 g/mol. The molecule has 2 atom stereocenters. The van der Waals surface area contributed by atoms with E-state index in [0.717, 1.165) is 13.0 Å². The van der Waals surface area contributed by atoms with Crippen molar-refractivity contribution in [3.8, 4) is 6.07 Å². The first kappa shape index (κ1) is 14.5. The van der Waals surface area contributed by atoms with Gasteiger partial charge in [0.15, 0.2) is 0 Å². The van der Waals surface area contributed by atoms with E-state index in [9.17, 15) is 4.79 Å². The lowest BCUT2D eigenvalue weighted by molar-refractivity contribution is -0.120. The molecule has 0 aliphatic carbocycles. The Balaban J connectivity index is 1.98. The van der Waals surface area contributed by atoms with Crippen LogP contribution in [0, 0.1) is 17.2 Å². The number of hydrogen-bond acceptors (Lipinski definition) is 4. The molecule has 0 aromatic heterocycles. The Morgan fingerprint density at radius 3 is 3.10 bits per heavy atom. The molecule has 2 N–H and O–H groups in total. The van der Waals surface area contributed by atoms with Gasteiger partial charge in [-0.2, -0.15) is 5.26 Å². The second-order valence-electron chi connectivity index (χ2n) is 4.89. The minimum Gasteiger partial charge on any atom is -0.379 e. The second kappa shape index (κ2) is 7.04. The number of amides is 1. The number of nitrogens with zero attached hydrogens (tertiary/aromatic N) is 1. The molecule has 1 heterocycles. The van der Waals surface area contributed by atoms with E-state index in [-0.39, 0.29) is 17.9 Å². The van der Waals surface area contributed by atoms with Gasteiger partial charge in [-0.1, -0.05) is 13.0 Å². The summed E-state index contributed by atoms with van der Waals surface area (Å²) >= 11 is 0. The van der Waals surface area contributed by atoms with Crippen molar-refractivity contribution in [2.45, 2.75) is 19.4 Å². The number of nitrogens with one attached hydrogen (secondary N) is 2. The first-order chi connectivity index (χ1) is 9.74. The van der Waals surface area contributed by atoms with Gasteiger partial charge in [-0.25, -0.2) is 0 Å². The third-order valence-electron chi connectivity index (χ3n) is 3.33. The van der Waals surface area contributed by atoms with Gasteiger partial charge in [0.1, 0.15) is 0 Å². The zero-order valence-electron chi connectivity index (χ0n) is 11.6. The van der Waals surface area contributed by atoms with E-state index >= 15 is 0 Å². The zero-order chi connectivity index (χ0) is 14.4. The Morgan fingerprint density at radius 2 is 2.35 bits per heavy atom. The number of nitriles is 1. The average molecular weight is 273 g/mol. The van der Waals surface area contributed by atoms with Crippen molar-refractivity contribution in [1.82, 2.24) is 5.32 Å². The highest BCUT2D eigenvalue weighted by atomic mass is 16.5. The largest absolute Gasteiger partial charge is 0.379 e. The van der Waals surface area contributed by atoms with Crippen molar-refractivity contribution in [1.29, 1.82) is 5.26 Å². The Morgan fingerprint density at radius 1 is 1.50 bits per heavy atom. The van der Waals surface area contributed by atoms with E-state index in [1.54, 1.807) is 24.3 Å². The van der Waals surface area contributed by atoms with Gasteiger partial charge in [-0.15, -0.1) is 0 Å². The number of anilines is 1. The van der Waals surface area contributed by atoms with Gasteiger partial charge in [-0.05, 0) is 31.2 Å². The zero-order valence-corrected chi connectivity index (χ0v) is 11.6. The number of ether oxygens (including phenoxy) is 1. The molecule has 1 aromatic carbocycles. The van der Waals surface area contributed by atoms with Crippen LogP contribution in [0.3, 0.4) is 0 Å². The fraction of sp³-hybridized carbons (Fsp3) is 0.467. The van der Waals surface area contributed by atoms with Crippen molar-refractivity contribution < 1.29 is 9.53 Å². The van der Waals surface area contributed by atoms with Crippen molar-refractivity contribution >= 4 is 11.6 Å². The van der Waals surface area contributed by atoms with E-state index in [4.69, 9.17) is 10.00 Å². The molecular formula is C15H19N3O2. The predicted molar refractivity (Wildman–Crippen MR) is 76.2 cm³/mol. The lowest BCUT2D eigenvalue weighted by Crippen LogP contribution is -2.41. The van der Waals surface area contributed by atoms with Crippen LogP contribution in [0.1, 0.15) is 18.9 Å². The molecule has 1 aromatic rings. The topological polar surface area (TPSA) is 74.2 Å². The molecule has 5 nitrogen and oxygen atoms in total. The summed E-state index contributed by atoms with van der Waals surface area (Å²) < 4.78 is 5.39. The molecule has 1 aliphatic rings. The van der Waals surface area contributed by atoms with Crippen molar-refractivity contribution in [2.24, 2.45) is 5.92 Å². The lowest BCUT2D eigenvalue weighted by atomic mass is 10.0. The number of hydrogen-bond donors (Lipinski definition) is 2.